The molecule has 0 amide bonds. The van der Waals surface area contributed by atoms with Gasteiger partial charge in [0, 0.05) is 13.1 Å². The van der Waals surface area contributed by atoms with Crippen LogP contribution in [0.5, 0.6) is 0 Å². The van der Waals surface area contributed by atoms with Crippen molar-refractivity contribution in [1.29, 1.82) is 0 Å². The highest BCUT2D eigenvalue weighted by Crippen LogP contribution is 2.26. The number of benzene rings is 1. The van der Waals surface area contributed by atoms with Crippen molar-refractivity contribution in [2.24, 2.45) is 0 Å². The molecular formula is C10H12N4. The molecule has 1 aliphatic rings. The molecule has 0 bridgehead atoms. The van der Waals surface area contributed by atoms with Crippen LogP contribution in [0.4, 0.5) is 5.69 Å². The van der Waals surface area contributed by atoms with Gasteiger partial charge in [0.25, 0.3) is 0 Å². The van der Waals surface area contributed by atoms with E-state index in [4.69, 9.17) is 0 Å². The summed E-state index contributed by atoms with van der Waals surface area (Å²) in [5.74, 6) is 0. The maximum atomic E-state index is 4.19. The van der Waals surface area contributed by atoms with Crippen molar-refractivity contribution in [3.63, 3.8) is 0 Å². The first-order chi connectivity index (χ1) is 6.95. The summed E-state index contributed by atoms with van der Waals surface area (Å²) in [4.78, 5) is 2.38. The van der Waals surface area contributed by atoms with Crippen LogP contribution in [0.1, 0.15) is 12.8 Å². The topological polar surface area (TPSA) is 44.8 Å². The molecule has 0 unspecified atom stereocenters. The molecule has 14 heavy (non-hydrogen) atoms. The fourth-order valence-electron chi connectivity index (χ4n) is 2.07. The van der Waals surface area contributed by atoms with Crippen molar-refractivity contribution in [3.05, 3.63) is 18.2 Å². The third-order valence-corrected chi connectivity index (χ3v) is 2.77. The van der Waals surface area contributed by atoms with Crippen LogP contribution in [-0.4, -0.2) is 28.5 Å². The van der Waals surface area contributed by atoms with E-state index in [9.17, 15) is 0 Å². The summed E-state index contributed by atoms with van der Waals surface area (Å²) in [5.41, 5.74) is 3.16. The lowest BCUT2D eigenvalue weighted by atomic mass is 10.2. The number of anilines is 1. The number of hydrogen-bond donors (Lipinski definition) is 1. The molecule has 1 aromatic heterocycles. The maximum absolute atomic E-state index is 4.19. The highest BCUT2D eigenvalue weighted by Gasteiger charge is 2.15. The van der Waals surface area contributed by atoms with Crippen molar-refractivity contribution in [2.75, 3.05) is 18.0 Å². The van der Waals surface area contributed by atoms with Crippen LogP contribution in [-0.2, 0) is 0 Å². The van der Waals surface area contributed by atoms with Gasteiger partial charge in [-0.2, -0.15) is 15.4 Å². The second-order valence-electron chi connectivity index (χ2n) is 3.66. The number of aromatic nitrogens is 3. The second kappa shape index (κ2) is 2.97. The third kappa shape index (κ3) is 1.07. The number of nitrogens with one attached hydrogen (secondary N) is 1. The predicted molar refractivity (Wildman–Crippen MR) is 55.3 cm³/mol. The van der Waals surface area contributed by atoms with Crippen LogP contribution in [0, 0.1) is 0 Å². The van der Waals surface area contributed by atoms with Gasteiger partial charge in [-0.3, -0.25) is 0 Å². The van der Waals surface area contributed by atoms with Crippen LogP contribution < -0.4 is 4.90 Å². The first-order valence-electron chi connectivity index (χ1n) is 4.99. The molecule has 1 fully saturated rings. The first-order valence-corrected chi connectivity index (χ1v) is 4.99. The number of para-hydroxylation sites is 1. The van der Waals surface area contributed by atoms with Crippen molar-refractivity contribution in [3.8, 4) is 0 Å². The van der Waals surface area contributed by atoms with Gasteiger partial charge >= 0.3 is 0 Å². The Morgan fingerprint density at radius 2 is 2.00 bits per heavy atom. The molecule has 4 heteroatoms. The highest BCUT2D eigenvalue weighted by molar-refractivity contribution is 5.87. The third-order valence-electron chi connectivity index (χ3n) is 2.77. The molecule has 3 rings (SSSR count). The molecule has 1 aliphatic heterocycles. The Bertz CT molecular complexity index is 442. The van der Waals surface area contributed by atoms with Crippen LogP contribution in [0.25, 0.3) is 11.0 Å². The van der Waals surface area contributed by atoms with Gasteiger partial charge in [0.1, 0.15) is 11.0 Å². The molecular weight excluding hydrogens is 176 g/mol. The van der Waals surface area contributed by atoms with Crippen LogP contribution in [0.2, 0.25) is 0 Å². The molecule has 0 aliphatic carbocycles. The van der Waals surface area contributed by atoms with Gasteiger partial charge in [0.05, 0.1) is 5.69 Å². The summed E-state index contributed by atoms with van der Waals surface area (Å²) in [5, 5.41) is 10.9. The van der Waals surface area contributed by atoms with E-state index in [1.807, 2.05) is 12.1 Å². The molecule has 72 valence electrons. The van der Waals surface area contributed by atoms with Gasteiger partial charge in [-0.1, -0.05) is 6.07 Å². The Kier molecular flexibility index (Phi) is 1.65. The summed E-state index contributed by atoms with van der Waals surface area (Å²) in [6, 6.07) is 6.15. The number of aromatic amines is 1. The van der Waals surface area contributed by atoms with E-state index in [1.54, 1.807) is 0 Å². The largest absolute Gasteiger partial charge is 0.370 e. The summed E-state index contributed by atoms with van der Waals surface area (Å²) in [6.07, 6.45) is 2.57. The van der Waals surface area contributed by atoms with Crippen molar-refractivity contribution >= 4 is 16.7 Å². The Morgan fingerprint density at radius 1 is 1.14 bits per heavy atom. The van der Waals surface area contributed by atoms with Crippen molar-refractivity contribution in [1.82, 2.24) is 15.4 Å². The Labute approximate surface area is 81.9 Å². The average molecular weight is 188 g/mol. The van der Waals surface area contributed by atoms with Crippen LogP contribution >= 0.6 is 0 Å². The monoisotopic (exact) mass is 188 g/mol. The maximum Gasteiger partial charge on any atom is 0.136 e. The second-order valence-corrected chi connectivity index (χ2v) is 3.66. The molecule has 0 radical (unpaired) electrons. The summed E-state index contributed by atoms with van der Waals surface area (Å²) in [7, 11) is 0. The van der Waals surface area contributed by atoms with Crippen LogP contribution in [0.15, 0.2) is 18.2 Å². The molecule has 4 nitrogen and oxygen atoms in total. The average Bonchev–Trinajstić information content (AvgIpc) is 2.88. The number of hydrogen-bond acceptors (Lipinski definition) is 3. The molecule has 2 aromatic rings. The lowest BCUT2D eigenvalue weighted by molar-refractivity contribution is 0.948. The summed E-state index contributed by atoms with van der Waals surface area (Å²) >= 11 is 0. The van der Waals surface area contributed by atoms with Crippen LogP contribution in [0.3, 0.4) is 0 Å². The molecule has 1 aromatic carbocycles. The number of rotatable bonds is 1. The van der Waals surface area contributed by atoms with Crippen molar-refractivity contribution < 1.29 is 0 Å². The zero-order valence-electron chi connectivity index (χ0n) is 7.90. The van der Waals surface area contributed by atoms with E-state index >= 15 is 0 Å². The van der Waals surface area contributed by atoms with E-state index < -0.39 is 0 Å². The molecule has 2 heterocycles. The number of fused-ring (bicyclic) bond motifs is 1. The lowest BCUT2D eigenvalue weighted by Gasteiger charge is -2.17. The van der Waals surface area contributed by atoms with Gasteiger partial charge in [-0.05, 0) is 25.0 Å². The summed E-state index contributed by atoms with van der Waals surface area (Å²) < 4.78 is 0. The minimum absolute atomic E-state index is 0.953. The SMILES string of the molecule is c1cc(N2CCCC2)c2n[nH]nc2c1. The molecule has 1 saturated heterocycles. The van der Waals surface area contributed by atoms with Gasteiger partial charge in [0.15, 0.2) is 0 Å². The normalized spacial score (nSPS) is 16.7. The fraction of sp³-hybridized carbons (Fsp3) is 0.400. The van der Waals surface area contributed by atoms with E-state index in [2.05, 4.69) is 26.4 Å². The summed E-state index contributed by atoms with van der Waals surface area (Å²) in [6.45, 7) is 2.29. The molecule has 0 saturated carbocycles. The minimum atomic E-state index is 0.953. The van der Waals surface area contributed by atoms with E-state index in [-0.39, 0.29) is 0 Å². The Balaban J connectivity index is 2.14. The standard InChI is InChI=1S/C10H12N4/c1-2-7-14(6-1)9-5-3-4-8-10(9)12-13-11-8/h3-5H,1-2,6-7H2,(H,11,12,13). The van der Waals surface area contributed by atoms with E-state index in [1.165, 1.54) is 18.5 Å². The fourth-order valence-corrected chi connectivity index (χ4v) is 2.07. The molecule has 0 atom stereocenters. The number of nitrogens with zero attached hydrogens (tertiary/aromatic N) is 3. The first kappa shape index (κ1) is 7.79. The quantitative estimate of drug-likeness (QED) is 0.738. The van der Waals surface area contributed by atoms with E-state index in [0.717, 1.165) is 24.1 Å². The molecule has 0 spiro atoms. The van der Waals surface area contributed by atoms with Gasteiger partial charge < -0.3 is 4.90 Å². The zero-order valence-corrected chi connectivity index (χ0v) is 7.90. The zero-order chi connectivity index (χ0) is 9.38. The predicted octanol–water partition coefficient (Wildman–Crippen LogP) is 1.56. The van der Waals surface area contributed by atoms with E-state index in [0.29, 0.717) is 0 Å². The number of H-pyrrole nitrogens is 1. The Hall–Kier alpha value is -1.58. The van der Waals surface area contributed by atoms with Gasteiger partial charge in [0.2, 0.25) is 0 Å². The van der Waals surface area contributed by atoms with Gasteiger partial charge in [-0.15, -0.1) is 0 Å². The Morgan fingerprint density at radius 3 is 2.86 bits per heavy atom. The smallest absolute Gasteiger partial charge is 0.136 e. The molecule has 1 N–H and O–H groups in total. The van der Waals surface area contributed by atoms with Crippen molar-refractivity contribution in [2.45, 2.75) is 12.8 Å². The lowest BCUT2D eigenvalue weighted by Crippen LogP contribution is -2.17. The van der Waals surface area contributed by atoms with Gasteiger partial charge in [-0.25, -0.2) is 0 Å². The minimum Gasteiger partial charge on any atom is -0.370 e. The highest BCUT2D eigenvalue weighted by atomic mass is 15.3.